The van der Waals surface area contributed by atoms with Gasteiger partial charge in [0.1, 0.15) is 11.4 Å². The predicted molar refractivity (Wildman–Crippen MR) is 121 cm³/mol. The molecule has 32 heavy (non-hydrogen) atoms. The van der Waals surface area contributed by atoms with E-state index >= 15 is 0 Å². The molecule has 0 spiro atoms. The molecule has 0 aliphatic carbocycles. The lowest BCUT2D eigenvalue weighted by atomic mass is 10.1. The van der Waals surface area contributed by atoms with Crippen LogP contribution >= 0.6 is 0 Å². The summed E-state index contributed by atoms with van der Waals surface area (Å²) in [4.78, 5) is 29.9. The summed E-state index contributed by atoms with van der Waals surface area (Å²) in [5, 5.41) is 5.44. The molecule has 0 fully saturated rings. The van der Waals surface area contributed by atoms with E-state index in [-0.39, 0.29) is 5.70 Å². The maximum atomic E-state index is 13.0. The monoisotopic (exact) mass is 433 g/mol. The minimum Gasteiger partial charge on any atom is -0.497 e. The van der Waals surface area contributed by atoms with Crippen LogP contribution in [-0.4, -0.2) is 38.1 Å². The van der Waals surface area contributed by atoms with Gasteiger partial charge in [-0.3, -0.25) is 14.6 Å². The Bertz CT molecular complexity index is 1110. The van der Waals surface area contributed by atoms with Gasteiger partial charge in [-0.2, -0.15) is 0 Å². The maximum absolute atomic E-state index is 13.0. The molecule has 0 bridgehead atoms. The van der Waals surface area contributed by atoms with Crippen LogP contribution in [0.4, 0.5) is 5.69 Å². The third-order valence-electron chi connectivity index (χ3n) is 4.48. The summed E-state index contributed by atoms with van der Waals surface area (Å²) in [6.45, 7) is 0. The summed E-state index contributed by atoms with van der Waals surface area (Å²) in [7, 11) is 4.55. The van der Waals surface area contributed by atoms with Crippen LogP contribution in [-0.2, 0) is 4.79 Å². The summed E-state index contributed by atoms with van der Waals surface area (Å²) < 4.78 is 15.6. The van der Waals surface area contributed by atoms with Crippen LogP contribution in [0.15, 0.2) is 72.7 Å². The van der Waals surface area contributed by atoms with Crippen molar-refractivity contribution in [2.24, 2.45) is 0 Å². The third kappa shape index (κ3) is 5.63. The minimum absolute atomic E-state index is 0.0496. The van der Waals surface area contributed by atoms with Crippen LogP contribution in [0, 0.1) is 0 Å². The van der Waals surface area contributed by atoms with Gasteiger partial charge < -0.3 is 24.8 Å². The molecule has 164 valence electrons. The van der Waals surface area contributed by atoms with E-state index in [1.165, 1.54) is 20.3 Å². The molecule has 1 heterocycles. The average molecular weight is 433 g/mol. The van der Waals surface area contributed by atoms with E-state index in [2.05, 4.69) is 15.6 Å². The van der Waals surface area contributed by atoms with Gasteiger partial charge in [-0.25, -0.2) is 0 Å². The van der Waals surface area contributed by atoms with Crippen molar-refractivity contribution in [2.75, 3.05) is 26.6 Å². The number of benzene rings is 2. The van der Waals surface area contributed by atoms with Crippen molar-refractivity contribution in [3.05, 3.63) is 83.8 Å². The van der Waals surface area contributed by atoms with Gasteiger partial charge in [-0.1, -0.05) is 6.07 Å². The van der Waals surface area contributed by atoms with E-state index in [0.29, 0.717) is 34.1 Å². The number of anilines is 1. The lowest BCUT2D eigenvalue weighted by Crippen LogP contribution is -2.30. The number of rotatable bonds is 8. The van der Waals surface area contributed by atoms with E-state index in [1.54, 1.807) is 74.1 Å². The number of amides is 2. The second-order valence-corrected chi connectivity index (χ2v) is 6.55. The van der Waals surface area contributed by atoms with Crippen LogP contribution in [0.5, 0.6) is 17.2 Å². The number of hydrogen-bond acceptors (Lipinski definition) is 6. The SMILES string of the molecule is COc1ccc(NC(=O)C(=Cc2cccnc2)NC(=O)c2ccc(OC)c(OC)c2)cc1. The molecule has 2 N–H and O–H groups in total. The van der Waals surface area contributed by atoms with Crippen molar-refractivity contribution in [3.8, 4) is 17.2 Å². The Balaban J connectivity index is 1.86. The van der Waals surface area contributed by atoms with Gasteiger partial charge in [0.05, 0.1) is 21.3 Å². The molecule has 0 radical (unpaired) electrons. The van der Waals surface area contributed by atoms with Gasteiger partial charge in [0.15, 0.2) is 11.5 Å². The fourth-order valence-electron chi connectivity index (χ4n) is 2.83. The molecular weight excluding hydrogens is 410 g/mol. The number of nitrogens with one attached hydrogen (secondary N) is 2. The number of aromatic nitrogens is 1. The average Bonchev–Trinajstić information content (AvgIpc) is 2.84. The van der Waals surface area contributed by atoms with Gasteiger partial charge in [0.25, 0.3) is 11.8 Å². The first-order chi connectivity index (χ1) is 15.5. The molecule has 2 aromatic carbocycles. The normalized spacial score (nSPS) is 10.8. The number of pyridine rings is 1. The van der Waals surface area contributed by atoms with E-state index in [1.807, 2.05) is 0 Å². The zero-order valence-electron chi connectivity index (χ0n) is 17.9. The standard InChI is InChI=1S/C24H23N3O5/c1-30-19-9-7-18(8-10-19)26-24(29)20(13-16-5-4-12-25-15-16)27-23(28)17-6-11-21(31-2)22(14-17)32-3/h4-15H,1-3H3,(H,26,29)(H,27,28). The fraction of sp³-hybridized carbons (Fsp3) is 0.125. The molecule has 8 nitrogen and oxygen atoms in total. The summed E-state index contributed by atoms with van der Waals surface area (Å²) in [6.07, 6.45) is 4.75. The lowest BCUT2D eigenvalue weighted by Gasteiger charge is -2.13. The molecule has 0 unspecified atom stereocenters. The maximum Gasteiger partial charge on any atom is 0.272 e. The molecule has 0 atom stereocenters. The number of hydrogen-bond donors (Lipinski definition) is 2. The Morgan fingerprint density at radius 2 is 1.66 bits per heavy atom. The number of methoxy groups -OCH3 is 3. The Labute approximate surface area is 185 Å². The van der Waals surface area contributed by atoms with Crippen LogP contribution in [0.1, 0.15) is 15.9 Å². The zero-order chi connectivity index (χ0) is 22.9. The minimum atomic E-state index is -0.493. The summed E-state index contributed by atoms with van der Waals surface area (Å²) in [5.74, 6) is 0.586. The van der Waals surface area contributed by atoms with Crippen molar-refractivity contribution in [3.63, 3.8) is 0 Å². The van der Waals surface area contributed by atoms with E-state index in [4.69, 9.17) is 14.2 Å². The molecule has 2 amide bonds. The topological polar surface area (TPSA) is 98.8 Å². The third-order valence-corrected chi connectivity index (χ3v) is 4.48. The predicted octanol–water partition coefficient (Wildman–Crippen LogP) is 3.52. The first kappa shape index (κ1) is 22.4. The Kier molecular flexibility index (Phi) is 7.42. The largest absolute Gasteiger partial charge is 0.497 e. The fourth-order valence-corrected chi connectivity index (χ4v) is 2.83. The van der Waals surface area contributed by atoms with Crippen molar-refractivity contribution >= 4 is 23.6 Å². The van der Waals surface area contributed by atoms with Gasteiger partial charge in [-0.05, 0) is 60.2 Å². The molecule has 3 rings (SSSR count). The van der Waals surface area contributed by atoms with Crippen molar-refractivity contribution < 1.29 is 23.8 Å². The van der Waals surface area contributed by atoms with Gasteiger partial charge in [-0.15, -0.1) is 0 Å². The highest BCUT2D eigenvalue weighted by Gasteiger charge is 2.17. The second kappa shape index (κ2) is 10.6. The van der Waals surface area contributed by atoms with Crippen LogP contribution < -0.4 is 24.8 Å². The number of carbonyl (C=O) groups excluding carboxylic acids is 2. The summed E-state index contributed by atoms with van der Waals surface area (Å²) in [5.41, 5.74) is 1.55. The first-order valence-electron chi connectivity index (χ1n) is 9.64. The van der Waals surface area contributed by atoms with E-state index in [9.17, 15) is 9.59 Å². The molecule has 1 aromatic heterocycles. The smallest absolute Gasteiger partial charge is 0.272 e. The molecule has 0 saturated heterocycles. The quantitative estimate of drug-likeness (QED) is 0.528. The lowest BCUT2D eigenvalue weighted by molar-refractivity contribution is -0.113. The van der Waals surface area contributed by atoms with Gasteiger partial charge >= 0.3 is 0 Å². The summed E-state index contributed by atoms with van der Waals surface area (Å²) >= 11 is 0. The number of carbonyl (C=O) groups is 2. The van der Waals surface area contributed by atoms with Crippen LogP contribution in [0.3, 0.4) is 0 Å². The molecule has 0 aliphatic rings. The number of nitrogens with zero attached hydrogens (tertiary/aromatic N) is 1. The Hall–Kier alpha value is -4.33. The highest BCUT2D eigenvalue weighted by molar-refractivity contribution is 6.10. The Morgan fingerprint density at radius 1 is 0.906 bits per heavy atom. The highest BCUT2D eigenvalue weighted by atomic mass is 16.5. The molecule has 0 aliphatic heterocycles. The van der Waals surface area contributed by atoms with Crippen molar-refractivity contribution in [1.82, 2.24) is 10.3 Å². The number of ether oxygens (including phenoxy) is 3. The summed E-state index contributed by atoms with van der Waals surface area (Å²) in [6, 6.07) is 15.1. The second-order valence-electron chi connectivity index (χ2n) is 6.55. The zero-order valence-corrected chi connectivity index (χ0v) is 17.9. The van der Waals surface area contributed by atoms with Gasteiger partial charge in [0.2, 0.25) is 0 Å². The molecular formula is C24H23N3O5. The van der Waals surface area contributed by atoms with Crippen molar-refractivity contribution in [2.45, 2.75) is 0 Å². The van der Waals surface area contributed by atoms with E-state index in [0.717, 1.165) is 0 Å². The molecule has 3 aromatic rings. The van der Waals surface area contributed by atoms with Gasteiger partial charge in [0, 0.05) is 23.6 Å². The Morgan fingerprint density at radius 3 is 2.28 bits per heavy atom. The first-order valence-corrected chi connectivity index (χ1v) is 9.64. The van der Waals surface area contributed by atoms with Crippen LogP contribution in [0.2, 0.25) is 0 Å². The molecule has 0 saturated carbocycles. The van der Waals surface area contributed by atoms with E-state index < -0.39 is 11.8 Å². The molecule has 8 heteroatoms. The van der Waals surface area contributed by atoms with Crippen molar-refractivity contribution in [1.29, 1.82) is 0 Å². The highest BCUT2D eigenvalue weighted by Crippen LogP contribution is 2.27. The van der Waals surface area contributed by atoms with Crippen LogP contribution in [0.25, 0.3) is 6.08 Å².